The van der Waals surface area contributed by atoms with Crippen molar-refractivity contribution < 1.29 is 42.1 Å². The largest absolute Gasteiger partial charge is 0.472 e. The lowest BCUT2D eigenvalue weighted by Gasteiger charge is -2.24. The molecular formula is C59H103NO8P+. The fourth-order valence-electron chi connectivity index (χ4n) is 7.09. The Labute approximate surface area is 423 Å². The number of unbranched alkanes of at least 4 members (excludes halogenated alkanes) is 19. The minimum atomic E-state index is -4.39. The summed E-state index contributed by atoms with van der Waals surface area (Å²) in [5.74, 6) is -0.820. The molecule has 2 atom stereocenters. The average Bonchev–Trinajstić information content (AvgIpc) is 3.31. The van der Waals surface area contributed by atoms with Crippen LogP contribution in [0.2, 0.25) is 0 Å². The molecule has 2 unspecified atom stereocenters. The standard InChI is InChI=1S/C59H102NO8P/c1-6-8-10-12-14-16-18-20-22-23-24-25-26-27-28-29-30-31-32-33-34-35-36-37-38-40-42-44-46-48-50-52-59(62)68-57(56-67-69(63,64)66-54-53-60(3,4)5)55-65-58(61)51-49-47-45-43-41-39-21-19-17-15-13-11-9-7-2/h8,10,13-16,19-22,24-25,27-28,30-31,57H,6-7,9,11-12,17-18,23,26,29,32-56H2,1-5H3/p+1/b10-8-,15-13-,16-14-,21-19-,22-20-,25-24-,28-27-,31-30-. The van der Waals surface area contributed by atoms with Crippen molar-refractivity contribution in [3.63, 3.8) is 0 Å². The third kappa shape index (κ3) is 54.1. The van der Waals surface area contributed by atoms with Gasteiger partial charge in [-0.1, -0.05) is 207 Å². The first-order chi connectivity index (χ1) is 33.5. The maximum Gasteiger partial charge on any atom is 0.472 e. The second-order valence-electron chi connectivity index (χ2n) is 19.2. The van der Waals surface area contributed by atoms with Gasteiger partial charge in [0.25, 0.3) is 0 Å². The van der Waals surface area contributed by atoms with Gasteiger partial charge in [0.15, 0.2) is 6.10 Å². The molecule has 0 aliphatic heterocycles. The monoisotopic (exact) mass is 985 g/mol. The molecule has 0 aromatic carbocycles. The van der Waals surface area contributed by atoms with Gasteiger partial charge in [-0.2, -0.15) is 0 Å². The molecule has 0 spiro atoms. The third-order valence-corrected chi connectivity index (χ3v) is 12.3. The number of nitrogens with zero attached hydrogens (tertiary/aromatic N) is 1. The van der Waals surface area contributed by atoms with Crippen LogP contribution in [0, 0.1) is 0 Å². The molecule has 1 N–H and O–H groups in total. The first kappa shape index (κ1) is 65.9. The molecule has 0 radical (unpaired) electrons. The van der Waals surface area contributed by atoms with Gasteiger partial charge < -0.3 is 18.9 Å². The highest BCUT2D eigenvalue weighted by atomic mass is 31.2. The second kappa shape index (κ2) is 49.9. The van der Waals surface area contributed by atoms with Gasteiger partial charge in [-0.25, -0.2) is 4.57 Å². The summed E-state index contributed by atoms with van der Waals surface area (Å²) in [5, 5.41) is 0. The van der Waals surface area contributed by atoms with Crippen LogP contribution in [0.25, 0.3) is 0 Å². The number of esters is 2. The Kier molecular flexibility index (Phi) is 47.7. The smallest absolute Gasteiger partial charge is 0.462 e. The highest BCUT2D eigenvalue weighted by Gasteiger charge is 2.27. The predicted molar refractivity (Wildman–Crippen MR) is 293 cm³/mol. The number of likely N-dealkylation sites (N-methyl/N-ethyl adjacent to an activating group) is 1. The van der Waals surface area contributed by atoms with Crippen molar-refractivity contribution in [1.82, 2.24) is 0 Å². The molecule has 0 aromatic heterocycles. The van der Waals surface area contributed by atoms with Gasteiger partial charge in [-0.3, -0.25) is 18.6 Å². The molecule has 10 heteroatoms. The van der Waals surface area contributed by atoms with Gasteiger partial charge in [-0.15, -0.1) is 0 Å². The van der Waals surface area contributed by atoms with Gasteiger partial charge in [0, 0.05) is 12.8 Å². The van der Waals surface area contributed by atoms with Gasteiger partial charge in [0.05, 0.1) is 27.7 Å². The van der Waals surface area contributed by atoms with Gasteiger partial charge >= 0.3 is 19.8 Å². The number of rotatable bonds is 49. The Hall–Kier alpha value is -3.07. The van der Waals surface area contributed by atoms with E-state index in [1.807, 2.05) is 21.1 Å². The zero-order chi connectivity index (χ0) is 50.6. The maximum atomic E-state index is 12.8. The Morgan fingerprint density at radius 2 is 0.826 bits per heavy atom. The van der Waals surface area contributed by atoms with Crippen LogP contribution in [0.3, 0.4) is 0 Å². The van der Waals surface area contributed by atoms with Gasteiger partial charge in [0.2, 0.25) is 0 Å². The molecule has 0 bridgehead atoms. The molecule has 0 aliphatic carbocycles. The van der Waals surface area contributed by atoms with E-state index in [4.69, 9.17) is 18.5 Å². The summed E-state index contributed by atoms with van der Waals surface area (Å²) in [5.41, 5.74) is 0. The van der Waals surface area contributed by atoms with Crippen molar-refractivity contribution in [2.45, 2.75) is 219 Å². The molecule has 0 fully saturated rings. The summed E-state index contributed by atoms with van der Waals surface area (Å²) in [4.78, 5) is 35.6. The van der Waals surface area contributed by atoms with E-state index in [9.17, 15) is 19.0 Å². The highest BCUT2D eigenvalue weighted by Crippen LogP contribution is 2.43. The van der Waals surface area contributed by atoms with E-state index in [0.29, 0.717) is 17.4 Å². The van der Waals surface area contributed by atoms with Crippen LogP contribution in [0.4, 0.5) is 0 Å². The Balaban J connectivity index is 4.15. The van der Waals surface area contributed by atoms with Gasteiger partial charge in [-0.05, 0) is 89.9 Å². The van der Waals surface area contributed by atoms with E-state index in [1.54, 1.807) is 0 Å². The van der Waals surface area contributed by atoms with E-state index in [-0.39, 0.29) is 32.0 Å². The summed E-state index contributed by atoms with van der Waals surface area (Å²) < 4.78 is 34.5. The molecule has 0 aromatic rings. The lowest BCUT2D eigenvalue weighted by atomic mass is 10.0. The highest BCUT2D eigenvalue weighted by molar-refractivity contribution is 7.47. The minimum absolute atomic E-state index is 0.0249. The topological polar surface area (TPSA) is 108 Å². The Morgan fingerprint density at radius 1 is 0.464 bits per heavy atom. The molecule has 0 amide bonds. The second-order valence-corrected chi connectivity index (χ2v) is 20.7. The predicted octanol–water partition coefficient (Wildman–Crippen LogP) is 16.9. The van der Waals surface area contributed by atoms with Crippen LogP contribution < -0.4 is 0 Å². The third-order valence-electron chi connectivity index (χ3n) is 11.3. The van der Waals surface area contributed by atoms with E-state index in [1.165, 1.54) is 70.6 Å². The SMILES string of the molecule is CC/C=C\C/C=C\C/C=C\C/C=C\C/C=C\C/C=C\CCCCCCCCCCCCCCC(=O)OC(COC(=O)CCCCCCC/C=C\C/C=C\CCCC)COP(=O)(O)OCC[N+](C)(C)C. The normalized spacial score (nSPS) is 14.1. The molecule has 0 saturated heterocycles. The number of ether oxygens (including phenoxy) is 2. The van der Waals surface area contributed by atoms with Crippen LogP contribution in [0.15, 0.2) is 97.2 Å². The molecule has 396 valence electrons. The number of carbonyl (C=O) groups excluding carboxylic acids is 2. The van der Waals surface area contributed by atoms with Crippen LogP contribution >= 0.6 is 7.82 Å². The number of phosphoric ester groups is 1. The van der Waals surface area contributed by atoms with Crippen molar-refractivity contribution >= 4 is 19.8 Å². The van der Waals surface area contributed by atoms with Crippen LogP contribution in [-0.4, -0.2) is 74.9 Å². The number of hydrogen-bond acceptors (Lipinski definition) is 7. The Morgan fingerprint density at radius 3 is 1.23 bits per heavy atom. The van der Waals surface area contributed by atoms with E-state index < -0.39 is 26.5 Å². The summed E-state index contributed by atoms with van der Waals surface area (Å²) in [6, 6.07) is 0. The molecule has 0 heterocycles. The maximum absolute atomic E-state index is 12.8. The van der Waals surface area contributed by atoms with E-state index >= 15 is 0 Å². The van der Waals surface area contributed by atoms with Crippen LogP contribution in [0.5, 0.6) is 0 Å². The minimum Gasteiger partial charge on any atom is -0.462 e. The average molecular weight is 985 g/mol. The van der Waals surface area contributed by atoms with Crippen LogP contribution in [-0.2, 0) is 32.7 Å². The van der Waals surface area contributed by atoms with Crippen molar-refractivity contribution in [3.05, 3.63) is 97.2 Å². The fraction of sp³-hybridized carbons (Fsp3) is 0.695. The van der Waals surface area contributed by atoms with Gasteiger partial charge in [0.1, 0.15) is 19.8 Å². The molecular weight excluding hydrogens is 882 g/mol. The summed E-state index contributed by atoms with van der Waals surface area (Å²) in [7, 11) is 1.46. The number of allylic oxidation sites excluding steroid dienone is 16. The molecule has 69 heavy (non-hydrogen) atoms. The molecule has 0 aliphatic rings. The summed E-state index contributed by atoms with van der Waals surface area (Å²) >= 11 is 0. The Bertz CT molecular complexity index is 1490. The number of phosphoric acid groups is 1. The lowest BCUT2D eigenvalue weighted by Crippen LogP contribution is -2.37. The zero-order valence-electron chi connectivity index (χ0n) is 44.8. The summed E-state index contributed by atoms with van der Waals surface area (Å²) in [6.07, 6.45) is 67.6. The molecule has 9 nitrogen and oxygen atoms in total. The summed E-state index contributed by atoms with van der Waals surface area (Å²) in [6.45, 7) is 4.25. The fourth-order valence-corrected chi connectivity index (χ4v) is 7.83. The number of carbonyl (C=O) groups is 2. The zero-order valence-corrected chi connectivity index (χ0v) is 45.7. The number of quaternary nitrogens is 1. The van der Waals surface area contributed by atoms with Crippen molar-refractivity contribution in [2.24, 2.45) is 0 Å². The van der Waals surface area contributed by atoms with Crippen molar-refractivity contribution in [2.75, 3.05) is 47.5 Å². The van der Waals surface area contributed by atoms with Crippen molar-refractivity contribution in [3.8, 4) is 0 Å². The van der Waals surface area contributed by atoms with E-state index in [2.05, 4.69) is 111 Å². The van der Waals surface area contributed by atoms with Crippen molar-refractivity contribution in [1.29, 1.82) is 0 Å². The van der Waals surface area contributed by atoms with E-state index in [0.717, 1.165) is 109 Å². The quantitative estimate of drug-likeness (QED) is 0.0211. The number of hydrogen-bond donors (Lipinski definition) is 1. The lowest BCUT2D eigenvalue weighted by molar-refractivity contribution is -0.870. The first-order valence-electron chi connectivity index (χ1n) is 27.5. The van der Waals surface area contributed by atoms with Crippen LogP contribution in [0.1, 0.15) is 213 Å². The first-order valence-corrected chi connectivity index (χ1v) is 29.0. The molecule has 0 saturated carbocycles. The molecule has 0 rings (SSSR count).